The van der Waals surface area contributed by atoms with Crippen molar-refractivity contribution in [3.63, 3.8) is 0 Å². The van der Waals surface area contributed by atoms with E-state index in [1.54, 1.807) is 0 Å². The summed E-state index contributed by atoms with van der Waals surface area (Å²) in [5, 5.41) is 0. The highest BCUT2D eigenvalue weighted by molar-refractivity contribution is 5.70. The molecular weight excluding hydrogens is 669 g/mol. The molecule has 0 saturated carbocycles. The van der Waals surface area contributed by atoms with Crippen molar-refractivity contribution in [2.24, 2.45) is 0 Å². The van der Waals surface area contributed by atoms with E-state index < -0.39 is 6.10 Å². The summed E-state index contributed by atoms with van der Waals surface area (Å²) in [6, 6.07) is 0. The maximum atomic E-state index is 12.7. The van der Waals surface area contributed by atoms with Gasteiger partial charge in [-0.1, -0.05) is 226 Å². The van der Waals surface area contributed by atoms with Crippen molar-refractivity contribution >= 4 is 11.9 Å². The molecule has 0 aliphatic carbocycles. The number of allylic oxidation sites excluding steroid dienone is 2. The fourth-order valence-electron chi connectivity index (χ4n) is 7.14. The van der Waals surface area contributed by atoms with Crippen molar-refractivity contribution < 1.29 is 23.8 Å². The second-order valence-corrected chi connectivity index (χ2v) is 16.4. The summed E-state index contributed by atoms with van der Waals surface area (Å²) in [6.07, 6.45) is 50.6. The molecule has 0 rings (SSSR count). The first-order chi connectivity index (χ1) is 26.6. The van der Waals surface area contributed by atoms with Crippen LogP contribution in [0.5, 0.6) is 0 Å². The smallest absolute Gasteiger partial charge is 0.306 e. The van der Waals surface area contributed by atoms with E-state index in [9.17, 15) is 9.59 Å². The Bertz CT molecular complexity index is 780. The maximum Gasteiger partial charge on any atom is 0.306 e. The fourth-order valence-corrected chi connectivity index (χ4v) is 7.14. The maximum absolute atomic E-state index is 12.7. The second kappa shape index (κ2) is 46.0. The normalized spacial score (nSPS) is 12.1. The predicted molar refractivity (Wildman–Crippen MR) is 233 cm³/mol. The molecule has 0 aromatic rings. The first kappa shape index (κ1) is 52.6. The summed E-state index contributed by atoms with van der Waals surface area (Å²) in [7, 11) is 0. The molecule has 0 radical (unpaired) electrons. The lowest BCUT2D eigenvalue weighted by atomic mass is 10.0. The van der Waals surface area contributed by atoms with Crippen molar-refractivity contribution in [2.75, 3.05) is 19.8 Å². The van der Waals surface area contributed by atoms with E-state index in [4.69, 9.17) is 14.2 Å². The van der Waals surface area contributed by atoms with Gasteiger partial charge in [-0.3, -0.25) is 9.59 Å². The Morgan fingerprint density at radius 2 is 0.741 bits per heavy atom. The standard InChI is InChI=1S/C49H94O5/c1-4-7-10-13-16-19-22-24-25-26-28-30-33-36-39-42-48(50)53-46-47(45-52-44-41-38-35-32-29-23-20-17-14-11-8-5-2)54-49(51)43-40-37-34-31-27-21-18-15-12-9-6-3/h14,17,47H,4-13,15-16,18-46H2,1-3H3/b17-14-. The minimum absolute atomic E-state index is 0.0917. The van der Waals surface area contributed by atoms with E-state index in [1.165, 1.54) is 193 Å². The zero-order valence-corrected chi connectivity index (χ0v) is 36.8. The van der Waals surface area contributed by atoms with Crippen LogP contribution in [0.4, 0.5) is 0 Å². The number of hydrogen-bond acceptors (Lipinski definition) is 5. The monoisotopic (exact) mass is 763 g/mol. The highest BCUT2D eigenvalue weighted by Gasteiger charge is 2.17. The molecule has 0 aliphatic rings. The van der Waals surface area contributed by atoms with Crippen LogP contribution in [0.3, 0.4) is 0 Å². The van der Waals surface area contributed by atoms with Gasteiger partial charge < -0.3 is 14.2 Å². The van der Waals surface area contributed by atoms with Gasteiger partial charge in [0.25, 0.3) is 0 Å². The van der Waals surface area contributed by atoms with E-state index in [0.29, 0.717) is 26.1 Å². The molecule has 54 heavy (non-hydrogen) atoms. The SMILES string of the molecule is CCCC/C=C\CCCCCCCCOCC(COC(=O)CCCCCCCCCCCCCCCCC)OC(=O)CCCCCCCCCCCCC. The minimum Gasteiger partial charge on any atom is -0.462 e. The lowest BCUT2D eigenvalue weighted by Crippen LogP contribution is -2.30. The molecule has 0 aromatic carbocycles. The first-order valence-corrected chi connectivity index (χ1v) is 24.2. The molecular formula is C49H94O5. The lowest BCUT2D eigenvalue weighted by Gasteiger charge is -2.18. The third kappa shape index (κ3) is 43.4. The number of rotatable bonds is 45. The van der Waals surface area contributed by atoms with Crippen LogP contribution >= 0.6 is 0 Å². The van der Waals surface area contributed by atoms with Gasteiger partial charge in [-0.05, 0) is 38.5 Å². The highest BCUT2D eigenvalue weighted by Crippen LogP contribution is 2.16. The molecule has 0 N–H and O–H groups in total. The molecule has 0 fully saturated rings. The Kier molecular flexibility index (Phi) is 44.9. The Hall–Kier alpha value is -1.36. The van der Waals surface area contributed by atoms with Gasteiger partial charge in [-0.25, -0.2) is 0 Å². The number of unbranched alkanes of at least 4 members (excludes halogenated alkanes) is 32. The lowest BCUT2D eigenvalue weighted by molar-refractivity contribution is -0.163. The molecule has 1 atom stereocenters. The number of carbonyl (C=O) groups excluding carboxylic acids is 2. The summed E-state index contributed by atoms with van der Waals surface area (Å²) >= 11 is 0. The van der Waals surface area contributed by atoms with Gasteiger partial charge in [0.1, 0.15) is 6.61 Å². The Balaban J connectivity index is 4.18. The van der Waals surface area contributed by atoms with Crippen molar-refractivity contribution in [1.29, 1.82) is 0 Å². The summed E-state index contributed by atoms with van der Waals surface area (Å²) in [5.41, 5.74) is 0. The van der Waals surface area contributed by atoms with Gasteiger partial charge in [0.2, 0.25) is 0 Å². The quantitative estimate of drug-likeness (QED) is 0.0351. The third-order valence-corrected chi connectivity index (χ3v) is 10.8. The zero-order valence-electron chi connectivity index (χ0n) is 36.8. The van der Waals surface area contributed by atoms with Crippen LogP contribution in [0.1, 0.15) is 265 Å². The largest absolute Gasteiger partial charge is 0.462 e. The van der Waals surface area contributed by atoms with Crippen LogP contribution in [-0.4, -0.2) is 37.9 Å². The zero-order chi connectivity index (χ0) is 39.3. The second-order valence-electron chi connectivity index (χ2n) is 16.4. The molecule has 0 aromatic heterocycles. The van der Waals surface area contributed by atoms with E-state index in [2.05, 4.69) is 32.9 Å². The molecule has 0 aliphatic heterocycles. The molecule has 0 spiro atoms. The molecule has 0 saturated heterocycles. The minimum atomic E-state index is -0.527. The third-order valence-electron chi connectivity index (χ3n) is 10.8. The van der Waals surface area contributed by atoms with Gasteiger partial charge in [0, 0.05) is 19.4 Å². The van der Waals surface area contributed by atoms with Gasteiger partial charge in [-0.15, -0.1) is 0 Å². The molecule has 320 valence electrons. The summed E-state index contributed by atoms with van der Waals surface area (Å²) < 4.78 is 17.3. The first-order valence-electron chi connectivity index (χ1n) is 24.2. The van der Waals surface area contributed by atoms with E-state index in [1.807, 2.05) is 0 Å². The molecule has 5 nitrogen and oxygen atoms in total. The molecule has 1 unspecified atom stereocenters. The summed E-state index contributed by atoms with van der Waals surface area (Å²) in [5.74, 6) is -0.384. The van der Waals surface area contributed by atoms with Crippen molar-refractivity contribution in [3.8, 4) is 0 Å². The Morgan fingerprint density at radius 1 is 0.389 bits per heavy atom. The summed E-state index contributed by atoms with van der Waals surface area (Å²) in [6.45, 7) is 7.82. The van der Waals surface area contributed by atoms with E-state index in [0.717, 1.165) is 38.5 Å². The van der Waals surface area contributed by atoms with Gasteiger partial charge in [0.05, 0.1) is 6.61 Å². The molecule has 0 amide bonds. The number of hydrogen-bond donors (Lipinski definition) is 0. The van der Waals surface area contributed by atoms with Crippen LogP contribution in [0, 0.1) is 0 Å². The van der Waals surface area contributed by atoms with Gasteiger partial charge in [0.15, 0.2) is 6.10 Å². The van der Waals surface area contributed by atoms with E-state index in [-0.39, 0.29) is 18.5 Å². The fraction of sp³-hybridized carbons (Fsp3) is 0.918. The van der Waals surface area contributed by atoms with Crippen LogP contribution in [0.15, 0.2) is 12.2 Å². The molecule has 5 heteroatoms. The van der Waals surface area contributed by atoms with Crippen LogP contribution in [0.2, 0.25) is 0 Å². The Morgan fingerprint density at radius 3 is 1.19 bits per heavy atom. The van der Waals surface area contributed by atoms with Crippen LogP contribution in [0.25, 0.3) is 0 Å². The predicted octanol–water partition coefficient (Wildman–Crippen LogP) is 15.9. The van der Waals surface area contributed by atoms with Gasteiger partial charge >= 0.3 is 11.9 Å². The number of esters is 2. The van der Waals surface area contributed by atoms with Crippen molar-refractivity contribution in [1.82, 2.24) is 0 Å². The Labute approximate surface area is 337 Å². The van der Waals surface area contributed by atoms with E-state index >= 15 is 0 Å². The van der Waals surface area contributed by atoms with Crippen LogP contribution in [-0.2, 0) is 23.8 Å². The summed E-state index contributed by atoms with van der Waals surface area (Å²) in [4.78, 5) is 25.3. The average molecular weight is 763 g/mol. The average Bonchev–Trinajstić information content (AvgIpc) is 3.17. The number of ether oxygens (including phenoxy) is 3. The van der Waals surface area contributed by atoms with Gasteiger partial charge in [-0.2, -0.15) is 0 Å². The van der Waals surface area contributed by atoms with Crippen molar-refractivity contribution in [3.05, 3.63) is 12.2 Å². The van der Waals surface area contributed by atoms with Crippen LogP contribution < -0.4 is 0 Å². The van der Waals surface area contributed by atoms with Crippen molar-refractivity contribution in [2.45, 2.75) is 271 Å². The number of carbonyl (C=O) groups is 2. The highest BCUT2D eigenvalue weighted by atomic mass is 16.6. The molecule has 0 heterocycles. The molecule has 0 bridgehead atoms. The topological polar surface area (TPSA) is 61.8 Å².